The molecule has 0 bridgehead atoms. The van der Waals surface area contributed by atoms with Crippen LogP contribution in [-0.4, -0.2) is 157 Å². The minimum Gasteiger partial charge on any atom is -0.545 e. The van der Waals surface area contributed by atoms with Crippen LogP contribution >= 0.6 is 46.4 Å². The number of halogens is 4. The van der Waals surface area contributed by atoms with E-state index in [1.54, 1.807) is 26.2 Å². The largest absolute Gasteiger partial charge is 1.00 e. The zero-order chi connectivity index (χ0) is 53.4. The molecule has 0 spiro atoms. The van der Waals surface area contributed by atoms with E-state index < -0.39 is 28.9 Å². The Hall–Kier alpha value is -5.22. The van der Waals surface area contributed by atoms with Crippen molar-refractivity contribution in [1.82, 2.24) is 49.1 Å². The Bertz CT molecular complexity index is 2810. The van der Waals surface area contributed by atoms with E-state index in [2.05, 4.69) is 53.8 Å². The summed E-state index contributed by atoms with van der Waals surface area (Å²) in [6.45, 7) is 12.3. The maximum atomic E-state index is 13.0. The number of nitrogens with two attached hydrogens (primary N) is 4. The Morgan fingerprint density at radius 2 is 1.04 bits per heavy atom. The number of aromatic carboxylic acids is 1. The number of rotatable bonds is 10. The molecule has 8 heterocycles. The van der Waals surface area contributed by atoms with Crippen molar-refractivity contribution in [2.45, 2.75) is 76.5 Å². The number of aromatic nitrogens is 6. The second-order valence-corrected chi connectivity index (χ2v) is 19.5. The van der Waals surface area contributed by atoms with Gasteiger partial charge >= 0.3 is 18.9 Å². The maximum Gasteiger partial charge on any atom is 1.00 e. The smallest absolute Gasteiger partial charge is 0.545 e. The van der Waals surface area contributed by atoms with Crippen LogP contribution in [0.15, 0.2) is 33.9 Å². The minimum absolute atomic E-state index is 0. The average Bonchev–Trinajstić information content (AvgIpc) is 3.36. The molecule has 0 aliphatic carbocycles. The van der Waals surface area contributed by atoms with Crippen molar-refractivity contribution in [2.24, 2.45) is 25.6 Å². The van der Waals surface area contributed by atoms with Crippen molar-refractivity contribution >= 4 is 93.4 Å². The summed E-state index contributed by atoms with van der Waals surface area (Å²) in [4.78, 5) is 97.6. The second-order valence-electron chi connectivity index (χ2n) is 18.0. The number of carboxylic acid groups (broad SMARTS) is 1. The van der Waals surface area contributed by atoms with Crippen LogP contribution < -0.4 is 73.1 Å². The van der Waals surface area contributed by atoms with Gasteiger partial charge in [-0.15, -0.1) is 0 Å². The van der Waals surface area contributed by atoms with E-state index in [-0.39, 0.29) is 80.0 Å². The molecule has 23 nitrogen and oxygen atoms in total. The van der Waals surface area contributed by atoms with E-state index in [0.717, 1.165) is 65.0 Å². The number of nitrogens with one attached hydrogen (secondary N) is 1. The van der Waals surface area contributed by atoms with Crippen LogP contribution in [0.1, 0.15) is 94.1 Å². The van der Waals surface area contributed by atoms with Crippen LogP contribution in [0, 0.1) is 0 Å². The summed E-state index contributed by atoms with van der Waals surface area (Å²) in [5.74, 6) is -2.19. The van der Waals surface area contributed by atoms with E-state index in [0.29, 0.717) is 61.5 Å². The van der Waals surface area contributed by atoms with Gasteiger partial charge < -0.3 is 52.9 Å². The second kappa shape index (κ2) is 26.5. The molecule has 4 saturated heterocycles. The number of piperazine rings is 2. The third kappa shape index (κ3) is 13.8. The van der Waals surface area contributed by atoms with Crippen molar-refractivity contribution in [3.8, 4) is 0 Å². The first-order valence-electron chi connectivity index (χ1n) is 23.9. The van der Waals surface area contributed by atoms with Crippen LogP contribution in [-0.2, 0) is 14.1 Å². The molecule has 4 aliphatic heterocycles. The molecular formula is C46H61Cl4LiN16O7. The first-order chi connectivity index (χ1) is 34.7. The summed E-state index contributed by atoms with van der Waals surface area (Å²) < 4.78 is 2.74. The zero-order valence-electron chi connectivity index (χ0n) is 42.0. The van der Waals surface area contributed by atoms with Crippen LogP contribution in [0.5, 0.6) is 0 Å². The Balaban J connectivity index is 0.000000232. The number of hydrogen-bond donors (Lipinski definition) is 5. The van der Waals surface area contributed by atoms with Crippen LogP contribution in [0.2, 0.25) is 20.6 Å². The van der Waals surface area contributed by atoms with Crippen LogP contribution in [0.3, 0.4) is 0 Å². The summed E-state index contributed by atoms with van der Waals surface area (Å²) in [5, 5.41) is 14.3. The number of likely N-dealkylation sites (tertiary alicyclic amines) is 1. The summed E-state index contributed by atoms with van der Waals surface area (Å²) >= 11 is 24.0. The first kappa shape index (κ1) is 59.7. The third-order valence-corrected chi connectivity index (χ3v) is 14.7. The van der Waals surface area contributed by atoms with Gasteiger partial charge in [-0.3, -0.25) is 42.9 Å². The number of amides is 3. The monoisotopic (exact) mass is 1100 g/mol. The molecule has 0 saturated carbocycles. The Morgan fingerprint density at radius 3 is 1.42 bits per heavy atom. The molecule has 28 heteroatoms. The number of nitrogens with zero attached hydrogens (tertiary/aromatic N) is 11. The van der Waals surface area contributed by atoms with E-state index in [1.807, 2.05) is 9.80 Å². The Labute approximate surface area is 460 Å². The van der Waals surface area contributed by atoms with Gasteiger partial charge in [-0.1, -0.05) is 60.3 Å². The molecule has 3 amide bonds. The zero-order valence-corrected chi connectivity index (χ0v) is 45.1. The van der Waals surface area contributed by atoms with E-state index >= 15 is 0 Å². The summed E-state index contributed by atoms with van der Waals surface area (Å²) in [5.41, 5.74) is 20.1. The van der Waals surface area contributed by atoms with E-state index in [1.165, 1.54) is 34.1 Å². The van der Waals surface area contributed by atoms with Crippen molar-refractivity contribution in [3.63, 3.8) is 0 Å². The molecule has 74 heavy (non-hydrogen) atoms. The minimum atomic E-state index is -1.35. The average molecular weight is 1100 g/mol. The predicted octanol–water partition coefficient (Wildman–Crippen LogP) is -1.76. The molecule has 4 aromatic rings. The molecule has 0 unspecified atom stereocenters. The molecule has 396 valence electrons. The van der Waals surface area contributed by atoms with Gasteiger partial charge in [0.1, 0.15) is 33.6 Å². The number of hydrogen-bond acceptors (Lipinski definition) is 18. The number of pyridine rings is 2. The molecular weight excluding hydrogens is 1040 g/mol. The SMILES string of the molecule is CC[C@H]1CN(c2c(Cl)nc(C(N)=O)c(=O)n2C)CCN1C1CCN(C(=O)c2ccc(Cl)nc2N)CC1.CC[C@H]1CN(c2c(Cl)nc(C(N)=O)c(=O)n2C)CCN1C1CCNCC1.Nc1nc(Cl)ccc1C(=O)[O-].[Li+]. The molecule has 4 aliphatic rings. The number of carbonyl (C=O) groups excluding carboxylic acids is 4. The predicted molar refractivity (Wildman–Crippen MR) is 278 cm³/mol. The number of anilines is 4. The van der Waals surface area contributed by atoms with Gasteiger partial charge in [0.2, 0.25) is 0 Å². The molecule has 0 radical (unpaired) electrons. The first-order valence-corrected chi connectivity index (χ1v) is 25.4. The molecule has 8 rings (SSSR count). The van der Waals surface area contributed by atoms with Gasteiger partial charge in [-0.05, 0) is 75.9 Å². The number of nitrogen functional groups attached to an aromatic ring is 2. The van der Waals surface area contributed by atoms with Gasteiger partial charge in [0, 0.05) is 96.2 Å². The quantitative estimate of drug-likeness (QED) is 0.0868. The molecule has 4 aromatic heterocycles. The standard InChI is InChI=1S/C23H30Cl2N8O3.C17H27ClN6O2.C6H5ClN2O2.Li/c1-3-13-12-32(21-18(25)29-17(20(27)34)23(36)30(21)2)10-11-33(13)14-6-8-31(9-7-14)22(35)15-4-5-16(24)28-19(15)26;1-3-11-10-23(8-9-24(11)12-4-6-20-7-5-12)16-14(18)21-13(15(19)25)17(26)22(16)2;7-4-2-1-3(6(10)11)5(8)9-4;/h4-5,13-14H,3,6-12H2,1-2H3,(H2,26,28)(H2,27,34);11-12,20H,3-10H2,1-2H3,(H2,19,25);1-2H,(H2,8,9)(H,10,11);/q;;;+1/p-1/t13-;11-;;/m00../s1. The number of carbonyl (C=O) groups is 4. The third-order valence-electron chi connectivity index (χ3n) is 13.7. The Morgan fingerprint density at radius 1 is 0.635 bits per heavy atom. The molecule has 0 aromatic carbocycles. The van der Waals surface area contributed by atoms with E-state index in [4.69, 9.17) is 69.3 Å². The maximum absolute atomic E-state index is 13.0. The fourth-order valence-electron chi connectivity index (χ4n) is 9.96. The van der Waals surface area contributed by atoms with Crippen molar-refractivity contribution < 1.29 is 43.1 Å². The van der Waals surface area contributed by atoms with Gasteiger partial charge in [0.05, 0.1) is 11.5 Å². The van der Waals surface area contributed by atoms with Crippen LogP contribution in [0.4, 0.5) is 23.3 Å². The normalized spacial score (nSPS) is 18.8. The number of primary amides is 2. The van der Waals surface area contributed by atoms with Crippen LogP contribution in [0.25, 0.3) is 0 Å². The summed E-state index contributed by atoms with van der Waals surface area (Å²) in [6.07, 6.45) is 5.96. The summed E-state index contributed by atoms with van der Waals surface area (Å²) in [7, 11) is 3.18. The fraction of sp³-hybridized carbons (Fsp3) is 0.522. The molecule has 2 atom stereocenters. The van der Waals surface area contributed by atoms with E-state index in [9.17, 15) is 33.9 Å². The summed E-state index contributed by atoms with van der Waals surface area (Å²) in [6, 6.07) is 7.34. The fourth-order valence-corrected chi connectivity index (χ4v) is 10.9. The molecule has 4 fully saturated rings. The Kier molecular flexibility index (Phi) is 21.4. The number of carboxylic acids is 1. The van der Waals surface area contributed by atoms with Gasteiger partial charge in [0.15, 0.2) is 21.7 Å². The van der Waals surface area contributed by atoms with Gasteiger partial charge in [-0.2, -0.15) is 0 Å². The molecule has 9 N–H and O–H groups in total. The van der Waals surface area contributed by atoms with Crippen molar-refractivity contribution in [3.05, 3.63) is 88.1 Å². The number of piperidine rings is 2. The van der Waals surface area contributed by atoms with Crippen molar-refractivity contribution in [1.29, 1.82) is 0 Å². The topological polar surface area (TPSA) is 319 Å². The van der Waals surface area contributed by atoms with Gasteiger partial charge in [0.25, 0.3) is 28.8 Å². The van der Waals surface area contributed by atoms with Crippen molar-refractivity contribution in [2.75, 3.05) is 86.7 Å². The van der Waals surface area contributed by atoms with Gasteiger partial charge in [-0.25, -0.2) is 19.9 Å².